The molecule has 0 aromatic heterocycles. The third kappa shape index (κ3) is 3.89. The van der Waals surface area contributed by atoms with E-state index >= 15 is 0 Å². The van der Waals surface area contributed by atoms with Gasteiger partial charge < -0.3 is 10.1 Å². The summed E-state index contributed by atoms with van der Waals surface area (Å²) in [5.74, 6) is -0.109. The van der Waals surface area contributed by atoms with Crippen molar-refractivity contribution in [3.05, 3.63) is 94.7 Å². The van der Waals surface area contributed by atoms with Crippen LogP contribution in [-0.4, -0.2) is 18.4 Å². The van der Waals surface area contributed by atoms with Gasteiger partial charge in [0.05, 0.1) is 23.6 Å². The number of carbonyl (C=O) groups is 2. The van der Waals surface area contributed by atoms with Crippen LogP contribution < -0.4 is 15.0 Å². The smallest absolute Gasteiger partial charge is 0.282 e. The maximum Gasteiger partial charge on any atom is 0.282 e. The molecule has 1 N–H and O–H groups in total. The molecular formula is C27H26N2O3. The third-order valence-corrected chi connectivity index (χ3v) is 5.44. The van der Waals surface area contributed by atoms with Gasteiger partial charge in [-0.1, -0.05) is 48.0 Å². The van der Waals surface area contributed by atoms with Gasteiger partial charge in [0, 0.05) is 0 Å². The third-order valence-electron chi connectivity index (χ3n) is 5.44. The molecule has 0 fully saturated rings. The molecule has 162 valence electrons. The highest BCUT2D eigenvalue weighted by Gasteiger charge is 2.41. The molecule has 0 saturated heterocycles. The number of nitrogens with one attached hydrogen (secondary N) is 1. The van der Waals surface area contributed by atoms with Crippen LogP contribution in [0.3, 0.4) is 0 Å². The Morgan fingerprint density at radius 3 is 2.31 bits per heavy atom. The van der Waals surface area contributed by atoms with Crippen LogP contribution in [-0.2, 0) is 9.59 Å². The van der Waals surface area contributed by atoms with Crippen molar-refractivity contribution in [3.8, 4) is 5.75 Å². The highest BCUT2D eigenvalue weighted by atomic mass is 16.5. The number of hydrogen-bond acceptors (Lipinski definition) is 4. The molecule has 32 heavy (non-hydrogen) atoms. The Hall–Kier alpha value is -3.86. The van der Waals surface area contributed by atoms with Gasteiger partial charge in [0.2, 0.25) is 0 Å². The molecule has 1 heterocycles. The number of nitrogens with zero attached hydrogens (tertiary/aromatic N) is 1. The molecule has 1 aliphatic heterocycles. The fraction of sp³-hybridized carbons (Fsp3) is 0.185. The molecule has 0 bridgehead atoms. The van der Waals surface area contributed by atoms with Crippen LogP contribution in [0.2, 0.25) is 0 Å². The van der Waals surface area contributed by atoms with Crippen molar-refractivity contribution in [3.63, 3.8) is 0 Å². The average molecular weight is 427 g/mol. The minimum absolute atomic E-state index is 0.246. The number of aryl methyl sites for hydroxylation is 3. The van der Waals surface area contributed by atoms with E-state index < -0.39 is 0 Å². The summed E-state index contributed by atoms with van der Waals surface area (Å²) in [5.41, 5.74) is 5.53. The van der Waals surface area contributed by atoms with Gasteiger partial charge in [0.1, 0.15) is 11.4 Å². The van der Waals surface area contributed by atoms with Crippen LogP contribution >= 0.6 is 0 Å². The topological polar surface area (TPSA) is 58.6 Å². The van der Waals surface area contributed by atoms with Crippen LogP contribution in [0.1, 0.15) is 29.2 Å². The number of para-hydroxylation sites is 2. The number of carbonyl (C=O) groups excluding carboxylic acids is 2. The maximum absolute atomic E-state index is 13.7. The van der Waals surface area contributed by atoms with E-state index in [-0.39, 0.29) is 17.5 Å². The summed E-state index contributed by atoms with van der Waals surface area (Å²) in [6, 6.07) is 20.7. The molecule has 4 rings (SSSR count). The second kappa shape index (κ2) is 8.71. The van der Waals surface area contributed by atoms with Gasteiger partial charge >= 0.3 is 0 Å². The lowest BCUT2D eigenvalue weighted by Gasteiger charge is -2.16. The van der Waals surface area contributed by atoms with E-state index in [9.17, 15) is 9.59 Å². The van der Waals surface area contributed by atoms with Crippen LogP contribution in [0.25, 0.3) is 5.57 Å². The van der Waals surface area contributed by atoms with E-state index in [4.69, 9.17) is 4.74 Å². The number of benzene rings is 3. The number of rotatable bonds is 6. The fourth-order valence-electron chi connectivity index (χ4n) is 3.98. The zero-order chi connectivity index (χ0) is 22.8. The van der Waals surface area contributed by atoms with Gasteiger partial charge in [-0.25, -0.2) is 4.90 Å². The maximum atomic E-state index is 13.7. The molecule has 2 amide bonds. The number of ether oxygens (including phenoxy) is 1. The molecule has 0 unspecified atom stereocenters. The Morgan fingerprint density at radius 1 is 0.844 bits per heavy atom. The SMILES string of the molecule is CCOc1ccccc1NC1=C(c2ccc(C)cc2C)C(=O)N(c2cccc(C)c2)C1=O. The second-order valence-corrected chi connectivity index (χ2v) is 7.91. The number of hydrogen-bond donors (Lipinski definition) is 1. The molecule has 0 atom stereocenters. The summed E-state index contributed by atoms with van der Waals surface area (Å²) < 4.78 is 5.72. The summed E-state index contributed by atoms with van der Waals surface area (Å²) >= 11 is 0. The molecular weight excluding hydrogens is 400 g/mol. The van der Waals surface area contributed by atoms with E-state index in [1.807, 2.05) is 88.4 Å². The molecule has 0 spiro atoms. The van der Waals surface area contributed by atoms with Crippen molar-refractivity contribution in [2.45, 2.75) is 27.7 Å². The zero-order valence-electron chi connectivity index (χ0n) is 18.7. The van der Waals surface area contributed by atoms with Crippen molar-refractivity contribution in [2.24, 2.45) is 0 Å². The quantitative estimate of drug-likeness (QED) is 0.536. The normalized spacial score (nSPS) is 13.7. The van der Waals surface area contributed by atoms with Gasteiger partial charge in [0.15, 0.2) is 0 Å². The lowest BCUT2D eigenvalue weighted by Crippen LogP contribution is -2.32. The molecule has 0 aliphatic carbocycles. The predicted octanol–water partition coefficient (Wildman–Crippen LogP) is 5.41. The fourth-order valence-corrected chi connectivity index (χ4v) is 3.98. The monoisotopic (exact) mass is 426 g/mol. The predicted molar refractivity (Wildman–Crippen MR) is 128 cm³/mol. The molecule has 3 aromatic carbocycles. The van der Waals surface area contributed by atoms with Crippen LogP contribution in [0, 0.1) is 20.8 Å². The molecule has 3 aromatic rings. The van der Waals surface area contributed by atoms with Crippen molar-refractivity contribution in [2.75, 3.05) is 16.8 Å². The Bertz CT molecular complexity index is 1240. The highest BCUT2D eigenvalue weighted by molar-refractivity contribution is 6.46. The van der Waals surface area contributed by atoms with Gasteiger partial charge in [-0.2, -0.15) is 0 Å². The first-order chi connectivity index (χ1) is 15.4. The summed E-state index contributed by atoms with van der Waals surface area (Å²) in [4.78, 5) is 28.5. The van der Waals surface area contributed by atoms with Crippen LogP contribution in [0.4, 0.5) is 11.4 Å². The summed E-state index contributed by atoms with van der Waals surface area (Å²) in [6.07, 6.45) is 0. The van der Waals surface area contributed by atoms with E-state index in [0.29, 0.717) is 29.3 Å². The Morgan fingerprint density at radius 2 is 1.59 bits per heavy atom. The molecule has 5 heteroatoms. The Balaban J connectivity index is 1.87. The number of amides is 2. The van der Waals surface area contributed by atoms with Gasteiger partial charge in [-0.05, 0) is 68.7 Å². The summed E-state index contributed by atoms with van der Waals surface area (Å²) in [5, 5.41) is 3.22. The summed E-state index contributed by atoms with van der Waals surface area (Å²) in [7, 11) is 0. The number of anilines is 2. The minimum atomic E-state index is -0.387. The first-order valence-electron chi connectivity index (χ1n) is 10.7. The molecule has 1 aliphatic rings. The highest BCUT2D eigenvalue weighted by Crippen LogP contribution is 2.37. The van der Waals surface area contributed by atoms with E-state index in [1.54, 1.807) is 6.07 Å². The Kier molecular flexibility index (Phi) is 5.82. The second-order valence-electron chi connectivity index (χ2n) is 7.91. The van der Waals surface area contributed by atoms with E-state index in [0.717, 1.165) is 22.3 Å². The van der Waals surface area contributed by atoms with Crippen LogP contribution in [0.15, 0.2) is 72.4 Å². The number of imide groups is 1. The first-order valence-corrected chi connectivity index (χ1v) is 10.7. The van der Waals surface area contributed by atoms with Crippen LogP contribution in [0.5, 0.6) is 5.75 Å². The van der Waals surface area contributed by atoms with E-state index in [2.05, 4.69) is 5.32 Å². The lowest BCUT2D eigenvalue weighted by molar-refractivity contribution is -0.120. The van der Waals surface area contributed by atoms with Gasteiger partial charge in [-0.15, -0.1) is 0 Å². The largest absolute Gasteiger partial charge is 0.492 e. The standard InChI is InChI=1S/C27H26N2O3/c1-5-32-23-12-7-6-11-22(23)28-25-24(21-14-13-18(3)15-19(21)4)26(30)29(27(25)31)20-10-8-9-17(2)16-20/h6-16,28H,5H2,1-4H3. The lowest BCUT2D eigenvalue weighted by atomic mass is 9.97. The molecule has 0 saturated carbocycles. The zero-order valence-corrected chi connectivity index (χ0v) is 18.7. The minimum Gasteiger partial charge on any atom is -0.492 e. The summed E-state index contributed by atoms with van der Waals surface area (Å²) in [6.45, 7) is 8.28. The van der Waals surface area contributed by atoms with Crippen molar-refractivity contribution in [1.29, 1.82) is 0 Å². The van der Waals surface area contributed by atoms with Gasteiger partial charge in [0.25, 0.3) is 11.8 Å². The Labute approximate surface area is 188 Å². The van der Waals surface area contributed by atoms with Crippen molar-refractivity contribution >= 4 is 28.8 Å². The van der Waals surface area contributed by atoms with Gasteiger partial charge in [-0.3, -0.25) is 9.59 Å². The van der Waals surface area contributed by atoms with E-state index in [1.165, 1.54) is 4.90 Å². The van der Waals surface area contributed by atoms with Crippen molar-refractivity contribution < 1.29 is 14.3 Å². The molecule has 0 radical (unpaired) electrons. The first kappa shape index (κ1) is 21.4. The van der Waals surface area contributed by atoms with Crippen molar-refractivity contribution in [1.82, 2.24) is 0 Å². The average Bonchev–Trinajstić information content (AvgIpc) is 2.99. The molecule has 5 nitrogen and oxygen atoms in total.